The van der Waals surface area contributed by atoms with E-state index in [9.17, 15) is 4.79 Å². The molecule has 0 heterocycles. The van der Waals surface area contributed by atoms with Crippen LogP contribution in [0.1, 0.15) is 6.92 Å². The number of nitrogens with one attached hydrogen (secondary N) is 2. The van der Waals surface area contributed by atoms with Crippen molar-refractivity contribution in [1.82, 2.24) is 10.6 Å². The van der Waals surface area contributed by atoms with Gasteiger partial charge in [0.1, 0.15) is 0 Å². The molecule has 0 aliphatic heterocycles. The van der Waals surface area contributed by atoms with Crippen LogP contribution < -0.4 is 10.6 Å². The minimum absolute atomic E-state index is 0.475. The molecular formula is C7H16N2O2. The van der Waals surface area contributed by atoms with E-state index >= 15 is 0 Å². The van der Waals surface area contributed by atoms with Crippen molar-refractivity contribution in [2.45, 2.75) is 6.92 Å². The molecule has 0 fully saturated rings. The van der Waals surface area contributed by atoms with Gasteiger partial charge in [-0.1, -0.05) is 0 Å². The summed E-state index contributed by atoms with van der Waals surface area (Å²) in [5.74, 6) is -0.777. The second-order valence-corrected chi connectivity index (χ2v) is 2.93. The molecular weight excluding hydrogens is 144 g/mol. The number of carboxylic acid groups (broad SMARTS) is 1. The Kier molecular flexibility index (Phi) is 4.07. The lowest BCUT2D eigenvalue weighted by Crippen LogP contribution is -2.44. The van der Waals surface area contributed by atoms with Gasteiger partial charge in [0.15, 0.2) is 0 Å². The lowest BCUT2D eigenvalue weighted by atomic mass is 9.91. The summed E-state index contributed by atoms with van der Waals surface area (Å²) in [6.45, 7) is 2.66. The normalized spacial score (nSPS) is 11.5. The van der Waals surface area contributed by atoms with E-state index in [0.717, 1.165) is 0 Å². The highest BCUT2D eigenvalue weighted by molar-refractivity contribution is 5.74. The third kappa shape index (κ3) is 2.86. The molecule has 0 bridgehead atoms. The van der Waals surface area contributed by atoms with Gasteiger partial charge in [-0.2, -0.15) is 0 Å². The van der Waals surface area contributed by atoms with Crippen LogP contribution in [0.2, 0.25) is 0 Å². The summed E-state index contributed by atoms with van der Waals surface area (Å²) in [6.07, 6.45) is 0. The molecule has 0 unspecified atom stereocenters. The predicted molar refractivity (Wildman–Crippen MR) is 43.6 cm³/mol. The first-order valence-corrected chi connectivity index (χ1v) is 3.59. The van der Waals surface area contributed by atoms with E-state index in [1.807, 2.05) is 0 Å². The quantitative estimate of drug-likeness (QED) is 0.508. The summed E-state index contributed by atoms with van der Waals surface area (Å²) >= 11 is 0. The zero-order chi connectivity index (χ0) is 8.91. The molecule has 0 rings (SSSR count). The Morgan fingerprint density at radius 2 is 1.73 bits per heavy atom. The van der Waals surface area contributed by atoms with Crippen LogP contribution in [0.4, 0.5) is 0 Å². The maximum absolute atomic E-state index is 10.7. The van der Waals surface area contributed by atoms with Gasteiger partial charge >= 0.3 is 5.97 Å². The average molecular weight is 160 g/mol. The Morgan fingerprint density at radius 3 is 1.91 bits per heavy atom. The molecule has 0 aromatic heterocycles. The highest BCUT2D eigenvalue weighted by Gasteiger charge is 2.31. The smallest absolute Gasteiger partial charge is 0.311 e. The van der Waals surface area contributed by atoms with Crippen LogP contribution in [0.15, 0.2) is 0 Å². The molecule has 4 nitrogen and oxygen atoms in total. The zero-order valence-electron chi connectivity index (χ0n) is 7.27. The third-order valence-corrected chi connectivity index (χ3v) is 1.65. The van der Waals surface area contributed by atoms with Crippen LogP contribution in [0.3, 0.4) is 0 Å². The lowest BCUT2D eigenvalue weighted by Gasteiger charge is -2.23. The molecule has 0 saturated heterocycles. The first kappa shape index (κ1) is 10.4. The fourth-order valence-corrected chi connectivity index (χ4v) is 0.994. The van der Waals surface area contributed by atoms with E-state index in [4.69, 9.17) is 5.11 Å². The molecule has 0 aromatic rings. The van der Waals surface area contributed by atoms with Gasteiger partial charge in [0, 0.05) is 13.1 Å². The molecule has 3 N–H and O–H groups in total. The monoisotopic (exact) mass is 160 g/mol. The lowest BCUT2D eigenvalue weighted by molar-refractivity contribution is -0.147. The standard InChI is InChI=1S/C7H16N2O2/c1-7(4-8-2,5-9-3)6(10)11/h8-9H,4-5H2,1-3H3,(H,10,11). The van der Waals surface area contributed by atoms with Crippen molar-refractivity contribution in [2.75, 3.05) is 27.2 Å². The van der Waals surface area contributed by atoms with Gasteiger partial charge in [0.05, 0.1) is 5.41 Å². The maximum atomic E-state index is 10.7. The van der Waals surface area contributed by atoms with E-state index in [2.05, 4.69) is 10.6 Å². The fourth-order valence-electron chi connectivity index (χ4n) is 0.994. The van der Waals surface area contributed by atoms with Crippen LogP contribution in [-0.2, 0) is 4.79 Å². The van der Waals surface area contributed by atoms with Crippen molar-refractivity contribution in [3.63, 3.8) is 0 Å². The summed E-state index contributed by atoms with van der Waals surface area (Å²) in [6, 6.07) is 0. The van der Waals surface area contributed by atoms with Gasteiger partial charge in [-0.3, -0.25) is 4.79 Å². The van der Waals surface area contributed by atoms with Gasteiger partial charge in [-0.15, -0.1) is 0 Å². The van der Waals surface area contributed by atoms with Crippen LogP contribution in [0.5, 0.6) is 0 Å². The Labute approximate surface area is 67.0 Å². The molecule has 0 atom stereocenters. The number of carbonyl (C=O) groups is 1. The number of carboxylic acids is 1. The van der Waals surface area contributed by atoms with E-state index in [0.29, 0.717) is 13.1 Å². The van der Waals surface area contributed by atoms with Crippen molar-refractivity contribution in [3.05, 3.63) is 0 Å². The molecule has 0 amide bonds. The Balaban J connectivity index is 4.13. The second kappa shape index (κ2) is 4.31. The molecule has 66 valence electrons. The Hall–Kier alpha value is -0.610. The van der Waals surface area contributed by atoms with Gasteiger partial charge in [0.2, 0.25) is 0 Å². The van der Waals surface area contributed by atoms with Crippen molar-refractivity contribution < 1.29 is 9.90 Å². The predicted octanol–water partition coefficient (Wildman–Crippen LogP) is -0.484. The molecule has 4 heteroatoms. The van der Waals surface area contributed by atoms with Crippen molar-refractivity contribution >= 4 is 5.97 Å². The second-order valence-electron chi connectivity index (χ2n) is 2.93. The summed E-state index contributed by atoms with van der Waals surface area (Å²) in [7, 11) is 3.49. The van der Waals surface area contributed by atoms with Crippen molar-refractivity contribution in [3.8, 4) is 0 Å². The minimum Gasteiger partial charge on any atom is -0.481 e. The van der Waals surface area contributed by atoms with Crippen LogP contribution >= 0.6 is 0 Å². The molecule has 11 heavy (non-hydrogen) atoms. The van der Waals surface area contributed by atoms with Crippen LogP contribution in [0.25, 0.3) is 0 Å². The maximum Gasteiger partial charge on any atom is 0.311 e. The van der Waals surface area contributed by atoms with Crippen LogP contribution in [-0.4, -0.2) is 38.3 Å². The highest BCUT2D eigenvalue weighted by atomic mass is 16.4. The summed E-state index contributed by atoms with van der Waals surface area (Å²) in [5, 5.41) is 14.5. The Morgan fingerprint density at radius 1 is 1.36 bits per heavy atom. The topological polar surface area (TPSA) is 61.4 Å². The number of aliphatic carboxylic acids is 1. The molecule has 0 saturated carbocycles. The molecule has 0 spiro atoms. The summed E-state index contributed by atoms with van der Waals surface area (Å²) < 4.78 is 0. The zero-order valence-corrected chi connectivity index (χ0v) is 7.27. The van der Waals surface area contributed by atoms with Gasteiger partial charge < -0.3 is 15.7 Å². The van der Waals surface area contributed by atoms with E-state index < -0.39 is 11.4 Å². The van der Waals surface area contributed by atoms with Gasteiger partial charge in [-0.05, 0) is 21.0 Å². The minimum atomic E-state index is -0.777. The third-order valence-electron chi connectivity index (χ3n) is 1.65. The number of hydrogen-bond acceptors (Lipinski definition) is 3. The molecule has 0 aliphatic rings. The SMILES string of the molecule is CNCC(C)(CNC)C(=O)O. The summed E-state index contributed by atoms with van der Waals surface area (Å²) in [4.78, 5) is 10.7. The number of hydrogen-bond donors (Lipinski definition) is 3. The fraction of sp³-hybridized carbons (Fsp3) is 0.857. The molecule has 0 aliphatic carbocycles. The van der Waals surface area contributed by atoms with Gasteiger partial charge in [-0.25, -0.2) is 0 Å². The highest BCUT2D eigenvalue weighted by Crippen LogP contribution is 2.13. The van der Waals surface area contributed by atoms with Crippen LogP contribution in [0, 0.1) is 5.41 Å². The van der Waals surface area contributed by atoms with Crippen molar-refractivity contribution in [2.24, 2.45) is 5.41 Å². The molecule has 0 radical (unpaired) electrons. The van der Waals surface area contributed by atoms with Gasteiger partial charge in [0.25, 0.3) is 0 Å². The number of rotatable bonds is 5. The average Bonchev–Trinajstić information content (AvgIpc) is 1.88. The van der Waals surface area contributed by atoms with E-state index in [1.54, 1.807) is 21.0 Å². The molecule has 0 aromatic carbocycles. The Bertz CT molecular complexity index is 130. The summed E-state index contributed by atoms with van der Waals surface area (Å²) in [5.41, 5.74) is -0.705. The van der Waals surface area contributed by atoms with Crippen molar-refractivity contribution in [1.29, 1.82) is 0 Å². The van der Waals surface area contributed by atoms with E-state index in [-0.39, 0.29) is 0 Å². The van der Waals surface area contributed by atoms with E-state index in [1.165, 1.54) is 0 Å². The first-order chi connectivity index (χ1) is 5.06. The first-order valence-electron chi connectivity index (χ1n) is 3.59. The largest absolute Gasteiger partial charge is 0.481 e.